The molecule has 0 atom stereocenters. The highest BCUT2D eigenvalue weighted by Gasteiger charge is 2.27. The lowest BCUT2D eigenvalue weighted by Crippen LogP contribution is -2.29. The van der Waals surface area contributed by atoms with Gasteiger partial charge in [-0.25, -0.2) is 9.18 Å². The first-order chi connectivity index (χ1) is 10.1. The molecule has 1 aliphatic heterocycles. The molecule has 2 aromatic rings. The van der Waals surface area contributed by atoms with Crippen molar-refractivity contribution < 1.29 is 18.9 Å². The Labute approximate surface area is 120 Å². The number of rotatable bonds is 2. The summed E-state index contributed by atoms with van der Waals surface area (Å²) in [7, 11) is -0.965. The molecule has 0 fully saturated rings. The van der Waals surface area contributed by atoms with Crippen LogP contribution in [0, 0.1) is 5.82 Å². The van der Waals surface area contributed by atoms with Crippen LogP contribution in [0.15, 0.2) is 42.5 Å². The second-order valence-electron chi connectivity index (χ2n) is 4.67. The topological polar surface area (TPSA) is 70.6 Å². The van der Waals surface area contributed by atoms with Gasteiger partial charge in [0.2, 0.25) is 0 Å². The fourth-order valence-electron chi connectivity index (χ4n) is 2.15. The molecule has 2 aromatic carbocycles. The quantitative estimate of drug-likeness (QED) is 0.736. The minimum Gasteiger partial charge on any atom is -0.423 e. The van der Waals surface area contributed by atoms with Crippen molar-refractivity contribution in [3.8, 4) is 0 Å². The Morgan fingerprint density at radius 1 is 1.19 bits per heavy atom. The van der Waals surface area contributed by atoms with Crippen LogP contribution in [0.25, 0.3) is 0 Å². The first kappa shape index (κ1) is 13.6. The van der Waals surface area contributed by atoms with Crippen LogP contribution in [0.2, 0.25) is 0 Å². The fraction of sp³-hybridized carbons (Fsp3) is 0.0714. The van der Waals surface area contributed by atoms with E-state index in [1.807, 2.05) is 0 Å². The summed E-state index contributed by atoms with van der Waals surface area (Å²) in [5.74, 6) is -0.425. The Balaban J connectivity index is 1.69. The van der Waals surface area contributed by atoms with E-state index in [1.54, 1.807) is 24.3 Å². The summed E-state index contributed by atoms with van der Waals surface area (Å²) in [6.45, 7) is 0.353. The average Bonchev–Trinajstić information content (AvgIpc) is 2.80. The van der Waals surface area contributed by atoms with Gasteiger partial charge in [0.1, 0.15) is 5.82 Å². The molecule has 0 bridgehead atoms. The van der Waals surface area contributed by atoms with E-state index >= 15 is 0 Å². The summed E-state index contributed by atoms with van der Waals surface area (Å²) in [5, 5.41) is 14.8. The van der Waals surface area contributed by atoms with E-state index in [2.05, 4.69) is 10.6 Å². The third-order valence-electron chi connectivity index (χ3n) is 3.15. The molecule has 0 aromatic heterocycles. The molecule has 21 heavy (non-hydrogen) atoms. The Hall–Kier alpha value is -2.38. The van der Waals surface area contributed by atoms with Crippen molar-refractivity contribution in [2.24, 2.45) is 0 Å². The number of carbonyl (C=O) groups excluding carboxylic acids is 1. The van der Waals surface area contributed by atoms with Crippen LogP contribution < -0.4 is 16.1 Å². The van der Waals surface area contributed by atoms with Crippen LogP contribution in [0.5, 0.6) is 0 Å². The standard InChI is InChI=1S/C14H12BFN2O3/c16-10-2-1-3-11(6-10)17-14(19)18-12-5-4-9-8-21-15(20)13(9)7-12/h1-7,20H,8H2,(H2,17,18,19). The van der Waals surface area contributed by atoms with Gasteiger partial charge in [0.25, 0.3) is 0 Å². The normalized spacial score (nSPS) is 13.0. The number of urea groups is 1. The SMILES string of the molecule is O=C(Nc1cccc(F)c1)Nc1ccc2c(c1)B(O)OC2. The van der Waals surface area contributed by atoms with Crippen molar-refractivity contribution in [1.29, 1.82) is 0 Å². The lowest BCUT2D eigenvalue weighted by Gasteiger charge is -2.09. The maximum absolute atomic E-state index is 13.0. The van der Waals surface area contributed by atoms with Crippen LogP contribution in [0.4, 0.5) is 20.6 Å². The monoisotopic (exact) mass is 286 g/mol. The average molecular weight is 286 g/mol. The zero-order valence-electron chi connectivity index (χ0n) is 11.0. The van der Waals surface area contributed by atoms with Gasteiger partial charge in [-0.1, -0.05) is 12.1 Å². The first-order valence-electron chi connectivity index (χ1n) is 6.38. The van der Waals surface area contributed by atoms with E-state index in [9.17, 15) is 14.2 Å². The second-order valence-corrected chi connectivity index (χ2v) is 4.67. The summed E-state index contributed by atoms with van der Waals surface area (Å²) >= 11 is 0. The minimum atomic E-state index is -0.965. The molecule has 0 saturated heterocycles. The van der Waals surface area contributed by atoms with E-state index in [4.69, 9.17) is 4.65 Å². The highest BCUT2D eigenvalue weighted by molar-refractivity contribution is 6.61. The Kier molecular flexibility index (Phi) is 3.59. The zero-order chi connectivity index (χ0) is 14.8. The first-order valence-corrected chi connectivity index (χ1v) is 6.38. The molecule has 106 valence electrons. The Morgan fingerprint density at radius 2 is 1.95 bits per heavy atom. The van der Waals surface area contributed by atoms with Crippen LogP contribution in [0.3, 0.4) is 0 Å². The molecule has 0 saturated carbocycles. The van der Waals surface area contributed by atoms with E-state index in [0.717, 1.165) is 5.56 Å². The van der Waals surface area contributed by atoms with Gasteiger partial charge in [-0.2, -0.15) is 0 Å². The molecular weight excluding hydrogens is 274 g/mol. The van der Waals surface area contributed by atoms with Crippen LogP contribution in [-0.2, 0) is 11.3 Å². The van der Waals surface area contributed by atoms with E-state index < -0.39 is 19.0 Å². The molecule has 1 aliphatic rings. The highest BCUT2D eigenvalue weighted by atomic mass is 19.1. The molecule has 0 radical (unpaired) electrons. The summed E-state index contributed by atoms with van der Waals surface area (Å²) in [6.07, 6.45) is 0. The molecule has 3 rings (SSSR count). The van der Waals surface area contributed by atoms with Gasteiger partial charge < -0.3 is 20.3 Å². The van der Waals surface area contributed by atoms with Crippen molar-refractivity contribution in [3.63, 3.8) is 0 Å². The van der Waals surface area contributed by atoms with E-state index in [0.29, 0.717) is 23.4 Å². The van der Waals surface area contributed by atoms with Crippen molar-refractivity contribution in [1.82, 2.24) is 0 Å². The Morgan fingerprint density at radius 3 is 2.71 bits per heavy atom. The van der Waals surface area contributed by atoms with Gasteiger partial charge in [-0.3, -0.25) is 0 Å². The predicted molar refractivity (Wildman–Crippen MR) is 77.9 cm³/mol. The lowest BCUT2D eigenvalue weighted by molar-refractivity contribution is 0.262. The van der Waals surface area contributed by atoms with E-state index in [1.165, 1.54) is 18.2 Å². The maximum atomic E-state index is 13.0. The van der Waals surface area contributed by atoms with Gasteiger partial charge in [-0.15, -0.1) is 0 Å². The van der Waals surface area contributed by atoms with Gasteiger partial charge in [0.15, 0.2) is 0 Å². The molecular formula is C14H12BFN2O3. The van der Waals surface area contributed by atoms with Crippen LogP contribution >= 0.6 is 0 Å². The highest BCUT2D eigenvalue weighted by Crippen LogP contribution is 2.15. The summed E-state index contributed by atoms with van der Waals surface area (Å²) in [6, 6.07) is 10.3. The van der Waals surface area contributed by atoms with Gasteiger partial charge in [0.05, 0.1) is 6.61 Å². The van der Waals surface area contributed by atoms with Crippen LogP contribution in [-0.4, -0.2) is 18.2 Å². The Bertz CT molecular complexity index is 696. The number of hydrogen-bond acceptors (Lipinski definition) is 3. The van der Waals surface area contributed by atoms with Crippen LogP contribution in [0.1, 0.15) is 5.56 Å². The van der Waals surface area contributed by atoms with E-state index in [-0.39, 0.29) is 0 Å². The van der Waals surface area contributed by atoms with Gasteiger partial charge in [0, 0.05) is 11.4 Å². The van der Waals surface area contributed by atoms with Crippen molar-refractivity contribution in [3.05, 3.63) is 53.8 Å². The van der Waals surface area contributed by atoms with Crippen molar-refractivity contribution in [2.45, 2.75) is 6.61 Å². The number of anilines is 2. The maximum Gasteiger partial charge on any atom is 0.491 e. The van der Waals surface area contributed by atoms with Crippen molar-refractivity contribution >= 4 is 30.0 Å². The number of carbonyl (C=O) groups is 1. The molecule has 3 N–H and O–H groups in total. The molecule has 5 nitrogen and oxygen atoms in total. The third-order valence-corrected chi connectivity index (χ3v) is 3.15. The number of nitrogens with one attached hydrogen (secondary N) is 2. The number of fused-ring (bicyclic) bond motifs is 1. The number of benzene rings is 2. The largest absolute Gasteiger partial charge is 0.491 e. The smallest absolute Gasteiger partial charge is 0.423 e. The zero-order valence-corrected chi connectivity index (χ0v) is 11.0. The molecule has 2 amide bonds. The molecule has 0 unspecified atom stereocenters. The molecule has 7 heteroatoms. The number of amides is 2. The summed E-state index contributed by atoms with van der Waals surface area (Å²) < 4.78 is 18.1. The third kappa shape index (κ3) is 3.04. The minimum absolute atomic E-state index is 0.353. The molecule has 0 spiro atoms. The summed E-state index contributed by atoms with van der Waals surface area (Å²) in [5.41, 5.74) is 2.40. The second kappa shape index (κ2) is 5.55. The van der Waals surface area contributed by atoms with Gasteiger partial charge >= 0.3 is 13.1 Å². The molecule has 0 aliphatic carbocycles. The van der Waals surface area contributed by atoms with Crippen molar-refractivity contribution in [2.75, 3.05) is 10.6 Å². The summed E-state index contributed by atoms with van der Waals surface area (Å²) in [4.78, 5) is 11.8. The fourth-order valence-corrected chi connectivity index (χ4v) is 2.15. The lowest BCUT2D eigenvalue weighted by atomic mass is 9.79. The number of hydrogen-bond donors (Lipinski definition) is 3. The number of halogens is 1. The molecule has 1 heterocycles. The van der Waals surface area contributed by atoms with Gasteiger partial charge in [-0.05, 0) is 41.4 Å². The predicted octanol–water partition coefficient (Wildman–Crippen LogP) is 1.69.